The second-order valence-electron chi connectivity index (χ2n) is 1.55. The zero-order chi connectivity index (χ0) is 5.86. The molecule has 3 heteroatoms. The largest absolute Gasteiger partial charge is 0.396 e. The molecular weight excluding hydrogens is 96.0 g/mol. The van der Waals surface area contributed by atoms with Crippen LogP contribution in [-0.2, 0) is 5.11 Å². The first kappa shape index (κ1) is 6.88. The van der Waals surface area contributed by atoms with Crippen LogP contribution in [0.3, 0.4) is 0 Å². The van der Waals surface area contributed by atoms with E-state index in [0.717, 1.165) is 0 Å². The average molecular weight is 105 g/mol. The molecule has 0 saturated carbocycles. The fraction of sp³-hybridized carbons (Fsp3) is 1.00. The average Bonchev–Trinajstić information content (AvgIpc) is 1.65. The minimum absolute atomic E-state index is 0.245. The van der Waals surface area contributed by atoms with E-state index in [9.17, 15) is 5.11 Å². The van der Waals surface area contributed by atoms with Gasteiger partial charge in [-0.15, -0.1) is 0 Å². The van der Waals surface area contributed by atoms with Crippen molar-refractivity contribution in [2.24, 2.45) is 5.92 Å². The fourth-order valence-corrected chi connectivity index (χ4v) is 0.0902. The molecule has 0 saturated heterocycles. The highest BCUT2D eigenvalue weighted by atomic mass is 16.5. The summed E-state index contributed by atoms with van der Waals surface area (Å²) in [5.74, 6) is -0.542. The summed E-state index contributed by atoms with van der Waals surface area (Å²) in [6.45, 7) is 1.24. The Balaban J connectivity index is 3.14. The van der Waals surface area contributed by atoms with Gasteiger partial charge in [0, 0.05) is 5.92 Å². The molecule has 0 aromatic carbocycles. The molecular formula is C4H9O3. The van der Waals surface area contributed by atoms with Gasteiger partial charge in [0.15, 0.2) is 6.29 Å². The minimum atomic E-state index is -1.63. The van der Waals surface area contributed by atoms with Crippen LogP contribution < -0.4 is 0 Å². The molecule has 0 aliphatic heterocycles. The van der Waals surface area contributed by atoms with Gasteiger partial charge in [-0.1, -0.05) is 6.92 Å². The first-order valence-electron chi connectivity index (χ1n) is 2.13. The first-order chi connectivity index (χ1) is 3.18. The van der Waals surface area contributed by atoms with Gasteiger partial charge in [-0.3, -0.25) is 0 Å². The molecule has 0 aromatic heterocycles. The molecule has 1 radical (unpaired) electrons. The lowest BCUT2D eigenvalue weighted by Gasteiger charge is -2.05. The van der Waals surface area contributed by atoms with E-state index < -0.39 is 12.2 Å². The van der Waals surface area contributed by atoms with Crippen molar-refractivity contribution in [3.63, 3.8) is 0 Å². The molecule has 7 heavy (non-hydrogen) atoms. The standard InChI is InChI=1S/C4H9O3/c1-3(2-5)4(6)7/h3-6H,2H2,1H3. The SMILES string of the molecule is CC(CO)C([O])O. The lowest BCUT2D eigenvalue weighted by atomic mass is 10.2. The molecule has 0 rings (SSSR count). The summed E-state index contributed by atoms with van der Waals surface area (Å²) in [6, 6.07) is 0. The number of hydrogen-bond acceptors (Lipinski definition) is 2. The summed E-state index contributed by atoms with van der Waals surface area (Å²) >= 11 is 0. The summed E-state index contributed by atoms with van der Waals surface area (Å²) in [7, 11) is 0. The van der Waals surface area contributed by atoms with Crippen LogP contribution >= 0.6 is 0 Å². The van der Waals surface area contributed by atoms with Gasteiger partial charge in [-0.05, 0) is 0 Å². The van der Waals surface area contributed by atoms with Crippen LogP contribution in [0.5, 0.6) is 0 Å². The van der Waals surface area contributed by atoms with Crippen molar-refractivity contribution in [1.82, 2.24) is 0 Å². The van der Waals surface area contributed by atoms with Crippen molar-refractivity contribution in [2.45, 2.75) is 13.2 Å². The maximum absolute atomic E-state index is 9.85. The number of hydrogen-bond donors (Lipinski definition) is 2. The molecule has 0 spiro atoms. The Morgan fingerprint density at radius 1 is 1.71 bits per heavy atom. The van der Waals surface area contributed by atoms with E-state index in [1.54, 1.807) is 0 Å². The molecule has 2 unspecified atom stereocenters. The van der Waals surface area contributed by atoms with Crippen LogP contribution in [0.2, 0.25) is 0 Å². The fourth-order valence-electron chi connectivity index (χ4n) is 0.0902. The van der Waals surface area contributed by atoms with Crippen molar-refractivity contribution in [3.8, 4) is 0 Å². The van der Waals surface area contributed by atoms with Crippen LogP contribution in [0.1, 0.15) is 6.92 Å². The predicted molar refractivity (Wildman–Crippen MR) is 22.9 cm³/mol. The van der Waals surface area contributed by atoms with Crippen molar-refractivity contribution in [2.75, 3.05) is 6.61 Å². The Morgan fingerprint density at radius 2 is 2.14 bits per heavy atom. The van der Waals surface area contributed by atoms with Crippen LogP contribution in [-0.4, -0.2) is 23.1 Å². The maximum atomic E-state index is 9.85. The van der Waals surface area contributed by atoms with E-state index in [-0.39, 0.29) is 6.61 Å². The smallest absolute Gasteiger partial charge is 0.193 e. The molecule has 0 fully saturated rings. The van der Waals surface area contributed by atoms with E-state index in [1.807, 2.05) is 0 Å². The van der Waals surface area contributed by atoms with Crippen LogP contribution in [0.25, 0.3) is 0 Å². The lowest BCUT2D eigenvalue weighted by molar-refractivity contribution is -0.134. The van der Waals surface area contributed by atoms with Crippen molar-refractivity contribution in [1.29, 1.82) is 0 Å². The van der Waals surface area contributed by atoms with Crippen LogP contribution in [0, 0.1) is 5.92 Å². The first-order valence-corrected chi connectivity index (χ1v) is 2.13. The molecule has 0 aliphatic rings. The van der Waals surface area contributed by atoms with Crippen molar-refractivity contribution < 1.29 is 15.3 Å². The molecule has 0 heterocycles. The van der Waals surface area contributed by atoms with E-state index in [1.165, 1.54) is 6.92 Å². The zero-order valence-corrected chi connectivity index (χ0v) is 4.16. The highest BCUT2D eigenvalue weighted by molar-refractivity contribution is 4.47. The van der Waals surface area contributed by atoms with E-state index in [4.69, 9.17) is 10.2 Å². The number of rotatable bonds is 2. The third-order valence-corrected chi connectivity index (χ3v) is 0.775. The second kappa shape index (κ2) is 2.96. The zero-order valence-electron chi connectivity index (χ0n) is 4.16. The molecule has 0 aromatic rings. The molecule has 43 valence electrons. The quantitative estimate of drug-likeness (QED) is 0.459. The van der Waals surface area contributed by atoms with Gasteiger partial charge >= 0.3 is 0 Å². The van der Waals surface area contributed by atoms with Gasteiger partial charge in [0.05, 0.1) is 6.61 Å². The van der Waals surface area contributed by atoms with Gasteiger partial charge < -0.3 is 10.2 Å². The summed E-state index contributed by atoms with van der Waals surface area (Å²) in [6.07, 6.45) is -1.63. The Kier molecular flexibility index (Phi) is 2.91. The summed E-state index contributed by atoms with van der Waals surface area (Å²) in [4.78, 5) is 0. The van der Waals surface area contributed by atoms with Gasteiger partial charge in [0.1, 0.15) is 0 Å². The molecule has 0 bridgehead atoms. The summed E-state index contributed by atoms with van der Waals surface area (Å²) < 4.78 is 0. The van der Waals surface area contributed by atoms with E-state index >= 15 is 0 Å². The summed E-state index contributed by atoms with van der Waals surface area (Å²) in [5, 5.41) is 26.1. The highest BCUT2D eigenvalue weighted by Crippen LogP contribution is 1.96. The molecule has 0 aliphatic carbocycles. The maximum Gasteiger partial charge on any atom is 0.193 e. The normalized spacial score (nSPS) is 15.0. The molecule has 2 atom stereocenters. The van der Waals surface area contributed by atoms with Gasteiger partial charge in [-0.2, -0.15) is 0 Å². The monoisotopic (exact) mass is 105 g/mol. The summed E-state index contributed by atoms with van der Waals surface area (Å²) in [5.41, 5.74) is 0. The molecule has 0 amide bonds. The van der Waals surface area contributed by atoms with E-state index in [2.05, 4.69) is 0 Å². The Hall–Kier alpha value is -0.120. The minimum Gasteiger partial charge on any atom is -0.396 e. The lowest BCUT2D eigenvalue weighted by Crippen LogP contribution is -2.17. The van der Waals surface area contributed by atoms with Gasteiger partial charge in [0.2, 0.25) is 0 Å². The number of aliphatic hydroxyl groups excluding tert-OH is 2. The Bertz CT molecular complexity index is 44.2. The molecule has 3 nitrogen and oxygen atoms in total. The highest BCUT2D eigenvalue weighted by Gasteiger charge is 2.08. The van der Waals surface area contributed by atoms with Crippen molar-refractivity contribution in [3.05, 3.63) is 0 Å². The van der Waals surface area contributed by atoms with Crippen molar-refractivity contribution >= 4 is 0 Å². The Morgan fingerprint density at radius 3 is 2.14 bits per heavy atom. The third-order valence-electron chi connectivity index (χ3n) is 0.775. The third kappa shape index (κ3) is 2.56. The van der Waals surface area contributed by atoms with E-state index in [0.29, 0.717) is 0 Å². The van der Waals surface area contributed by atoms with Gasteiger partial charge in [0.25, 0.3) is 0 Å². The Labute approximate surface area is 42.2 Å². The molecule has 2 N–H and O–H groups in total. The predicted octanol–water partition coefficient (Wildman–Crippen LogP) is -0.636. The van der Waals surface area contributed by atoms with Gasteiger partial charge in [-0.25, -0.2) is 5.11 Å². The second-order valence-corrected chi connectivity index (χ2v) is 1.55. The van der Waals surface area contributed by atoms with Crippen LogP contribution in [0.15, 0.2) is 0 Å². The number of aliphatic hydroxyl groups is 2. The van der Waals surface area contributed by atoms with Crippen LogP contribution in [0.4, 0.5) is 0 Å². The topological polar surface area (TPSA) is 60.4 Å².